The van der Waals surface area contributed by atoms with Gasteiger partial charge in [0, 0.05) is 49.7 Å². The molecule has 0 aliphatic heterocycles. The second-order valence-electron chi connectivity index (χ2n) is 13.9. The lowest BCUT2D eigenvalue weighted by atomic mass is 9.89. The number of nitrogens with zero attached hydrogens (tertiary/aromatic N) is 6. The maximum Gasteiger partial charge on any atom is 0.416 e. The molecule has 0 saturated carbocycles. The van der Waals surface area contributed by atoms with E-state index in [1.807, 2.05) is 127 Å². The van der Waals surface area contributed by atoms with Crippen LogP contribution in [0.15, 0.2) is 158 Å². The van der Waals surface area contributed by atoms with Crippen molar-refractivity contribution in [1.82, 2.24) is 19.5 Å². The first-order chi connectivity index (χ1) is 28.2. The van der Waals surface area contributed by atoms with Gasteiger partial charge in [0.25, 0.3) is 0 Å². The van der Waals surface area contributed by atoms with Gasteiger partial charge in [-0.15, -0.1) is 0 Å². The Balaban J connectivity index is 1.46. The molecule has 0 saturated heterocycles. The molecule has 9 rings (SSSR count). The molecule has 9 heteroatoms. The van der Waals surface area contributed by atoms with Crippen molar-refractivity contribution in [3.63, 3.8) is 0 Å². The number of benzene rings is 7. The third-order valence-corrected chi connectivity index (χ3v) is 10.2. The Labute approximate surface area is 331 Å². The zero-order valence-electron chi connectivity index (χ0n) is 30.8. The number of hydrogen-bond donors (Lipinski definition) is 0. The quantitative estimate of drug-likeness (QED) is 0.168. The fourth-order valence-corrected chi connectivity index (χ4v) is 7.54. The van der Waals surface area contributed by atoms with E-state index in [0.717, 1.165) is 22.8 Å². The Morgan fingerprint density at radius 2 is 0.931 bits per heavy atom. The van der Waals surface area contributed by atoms with Gasteiger partial charge in [0.2, 0.25) is 0 Å². The van der Waals surface area contributed by atoms with Crippen LogP contribution in [0.1, 0.15) is 22.3 Å². The van der Waals surface area contributed by atoms with Crippen LogP contribution >= 0.6 is 0 Å². The van der Waals surface area contributed by atoms with E-state index in [1.165, 1.54) is 12.1 Å². The summed E-state index contributed by atoms with van der Waals surface area (Å²) in [6.07, 6.45) is -4.57. The number of aryl methyl sites for hydroxylation is 1. The first-order valence-electron chi connectivity index (χ1n) is 18.4. The predicted octanol–water partition coefficient (Wildman–Crippen LogP) is 12.4. The summed E-state index contributed by atoms with van der Waals surface area (Å²) in [5, 5.41) is 22.1. The largest absolute Gasteiger partial charge is 0.416 e. The lowest BCUT2D eigenvalue weighted by molar-refractivity contribution is -0.137. The van der Waals surface area contributed by atoms with Gasteiger partial charge in [0.15, 0.2) is 17.5 Å². The molecule has 0 atom stereocenters. The molecule has 0 amide bonds. The molecule has 7 aromatic carbocycles. The molecule has 0 aliphatic rings. The average molecular weight is 759 g/mol. The van der Waals surface area contributed by atoms with Crippen LogP contribution in [0.2, 0.25) is 0 Å². The number of aromatic nitrogens is 4. The summed E-state index contributed by atoms with van der Waals surface area (Å²) < 4.78 is 44.7. The van der Waals surface area contributed by atoms with E-state index in [2.05, 4.69) is 12.1 Å². The number of rotatable bonds is 6. The number of hydrogen-bond acceptors (Lipinski definition) is 5. The fourth-order valence-electron chi connectivity index (χ4n) is 7.54. The van der Waals surface area contributed by atoms with Gasteiger partial charge in [-0.1, -0.05) is 109 Å². The second kappa shape index (κ2) is 14.3. The minimum absolute atomic E-state index is 0.346. The molecule has 9 aromatic rings. The lowest BCUT2D eigenvalue weighted by Crippen LogP contribution is -2.06. The highest BCUT2D eigenvalue weighted by molar-refractivity contribution is 6.11. The zero-order valence-corrected chi connectivity index (χ0v) is 30.8. The van der Waals surface area contributed by atoms with Crippen LogP contribution in [0.5, 0.6) is 0 Å². The van der Waals surface area contributed by atoms with Crippen molar-refractivity contribution in [3.05, 3.63) is 180 Å². The van der Waals surface area contributed by atoms with Crippen LogP contribution in [-0.4, -0.2) is 19.5 Å². The van der Waals surface area contributed by atoms with E-state index < -0.39 is 11.7 Å². The molecular formula is C49H29F3N6. The van der Waals surface area contributed by atoms with Gasteiger partial charge in [-0.05, 0) is 61.5 Å². The smallest absolute Gasteiger partial charge is 0.308 e. The lowest BCUT2D eigenvalue weighted by Gasteiger charge is -2.22. The second-order valence-corrected chi connectivity index (χ2v) is 13.9. The molecule has 276 valence electrons. The molecule has 0 fully saturated rings. The molecule has 0 unspecified atom stereocenters. The van der Waals surface area contributed by atoms with E-state index in [4.69, 9.17) is 15.0 Å². The summed E-state index contributed by atoms with van der Waals surface area (Å²) in [6, 6.07) is 51.6. The molecule has 0 aliphatic carbocycles. The zero-order chi connectivity index (χ0) is 40.0. The summed E-state index contributed by atoms with van der Waals surface area (Å²) in [6.45, 7) is 1.90. The molecule has 6 nitrogen and oxygen atoms in total. The number of nitriles is 2. The Bertz CT molecular complexity index is 3000. The first-order valence-corrected chi connectivity index (χ1v) is 18.4. The SMILES string of the molecule is Cc1ccc2c(c1)c1cc(C(F)(F)F)ccc1n2-c1c(-c2ccccc2C#N)cc(-c2nc(-c3ccccc3)nc(-c3ccccc3)n2)cc1-c1ccccc1C#N. The molecule has 58 heavy (non-hydrogen) atoms. The van der Waals surface area contributed by atoms with Crippen molar-refractivity contribution in [2.75, 3.05) is 0 Å². The molecule has 2 aromatic heterocycles. The minimum Gasteiger partial charge on any atom is -0.308 e. The summed E-state index contributed by atoms with van der Waals surface area (Å²) >= 11 is 0. The molecule has 0 N–H and O–H groups in total. The Hall–Kier alpha value is -7.88. The Morgan fingerprint density at radius 3 is 1.43 bits per heavy atom. The summed E-state index contributed by atoms with van der Waals surface area (Å²) in [7, 11) is 0. The highest BCUT2D eigenvalue weighted by atomic mass is 19.4. The summed E-state index contributed by atoms with van der Waals surface area (Å²) in [4.78, 5) is 14.9. The Kier molecular flexibility index (Phi) is 8.84. The molecule has 2 heterocycles. The van der Waals surface area contributed by atoms with Crippen LogP contribution in [-0.2, 0) is 6.18 Å². The molecule has 0 spiro atoms. The monoisotopic (exact) mass is 758 g/mol. The van der Waals surface area contributed by atoms with E-state index >= 15 is 0 Å². The predicted molar refractivity (Wildman–Crippen MR) is 221 cm³/mol. The standard InChI is InChI=1S/C49H29F3N6/c1-30-20-22-43-39(24-30)40-27-36(49(50,51)52)21-23-44(40)58(43)45-41(37-18-10-8-16-33(37)28-53)25-35(26-42(45)38-19-11-9-17-34(38)29-54)48-56-46(31-12-4-2-5-13-31)55-47(57-48)32-14-6-3-7-15-32/h2-27H,1H3. The first kappa shape index (κ1) is 35.8. The van der Waals surface area contributed by atoms with Crippen LogP contribution in [0.3, 0.4) is 0 Å². The average Bonchev–Trinajstić information content (AvgIpc) is 3.58. The topological polar surface area (TPSA) is 91.2 Å². The van der Waals surface area contributed by atoms with Crippen LogP contribution in [0.25, 0.3) is 83.9 Å². The van der Waals surface area contributed by atoms with Gasteiger partial charge in [-0.3, -0.25) is 0 Å². The van der Waals surface area contributed by atoms with Crippen molar-refractivity contribution in [1.29, 1.82) is 10.5 Å². The third-order valence-electron chi connectivity index (χ3n) is 10.2. The van der Waals surface area contributed by atoms with Gasteiger partial charge in [0.1, 0.15) is 0 Å². The van der Waals surface area contributed by atoms with Crippen LogP contribution in [0, 0.1) is 29.6 Å². The van der Waals surface area contributed by atoms with E-state index in [9.17, 15) is 23.7 Å². The maximum atomic E-state index is 14.3. The van der Waals surface area contributed by atoms with Gasteiger partial charge in [-0.2, -0.15) is 23.7 Å². The van der Waals surface area contributed by atoms with Gasteiger partial charge < -0.3 is 4.57 Å². The van der Waals surface area contributed by atoms with E-state index in [1.54, 1.807) is 24.3 Å². The molecular weight excluding hydrogens is 730 g/mol. The van der Waals surface area contributed by atoms with Crippen molar-refractivity contribution in [2.45, 2.75) is 13.1 Å². The van der Waals surface area contributed by atoms with Crippen molar-refractivity contribution >= 4 is 21.8 Å². The number of alkyl halides is 3. The summed E-state index contributed by atoms with van der Waals surface area (Å²) in [5.74, 6) is 1.24. The van der Waals surface area contributed by atoms with Crippen LogP contribution < -0.4 is 0 Å². The normalized spacial score (nSPS) is 11.4. The van der Waals surface area contributed by atoms with Crippen molar-refractivity contribution in [2.24, 2.45) is 0 Å². The van der Waals surface area contributed by atoms with Crippen LogP contribution in [0.4, 0.5) is 13.2 Å². The van der Waals surface area contributed by atoms with Gasteiger partial charge >= 0.3 is 6.18 Å². The van der Waals surface area contributed by atoms with Gasteiger partial charge in [0.05, 0.1) is 45.5 Å². The molecule has 0 bridgehead atoms. The van der Waals surface area contributed by atoms with E-state index in [0.29, 0.717) is 83.9 Å². The maximum absolute atomic E-state index is 14.3. The number of halogens is 3. The highest BCUT2D eigenvalue weighted by Gasteiger charge is 2.32. The fraction of sp³-hybridized carbons (Fsp3) is 0.0408. The van der Waals surface area contributed by atoms with Gasteiger partial charge in [-0.25, -0.2) is 15.0 Å². The minimum atomic E-state index is -4.57. The molecule has 0 radical (unpaired) electrons. The van der Waals surface area contributed by atoms with E-state index in [-0.39, 0.29) is 0 Å². The summed E-state index contributed by atoms with van der Waals surface area (Å²) in [5.41, 5.74) is 7.06. The van der Waals surface area contributed by atoms with Crippen molar-refractivity contribution < 1.29 is 13.2 Å². The number of fused-ring (bicyclic) bond motifs is 3. The van der Waals surface area contributed by atoms with Crippen molar-refractivity contribution in [3.8, 4) is 74.2 Å². The highest BCUT2D eigenvalue weighted by Crippen LogP contribution is 2.46. The third kappa shape index (κ3) is 6.31. The Morgan fingerprint density at radius 1 is 0.483 bits per heavy atom.